The van der Waals surface area contributed by atoms with E-state index < -0.39 is 5.97 Å². The Labute approximate surface area is 133 Å². The molecule has 0 bridgehead atoms. The fourth-order valence-corrected chi connectivity index (χ4v) is 2.47. The maximum atomic E-state index is 12.0. The average Bonchev–Trinajstić information content (AvgIpc) is 3.11. The second-order valence-electron chi connectivity index (χ2n) is 5.37. The number of esters is 1. The van der Waals surface area contributed by atoms with Crippen LogP contribution in [0.15, 0.2) is 18.2 Å². The van der Waals surface area contributed by atoms with Gasteiger partial charge >= 0.3 is 5.97 Å². The van der Waals surface area contributed by atoms with Crippen LogP contribution in [0.4, 0.5) is 0 Å². The zero-order chi connectivity index (χ0) is 16.1. The first-order chi connectivity index (χ1) is 11.2. The summed E-state index contributed by atoms with van der Waals surface area (Å²) in [7, 11) is 0. The lowest BCUT2D eigenvalue weighted by Crippen LogP contribution is -2.34. The van der Waals surface area contributed by atoms with Crippen LogP contribution in [0.2, 0.25) is 0 Å². The molecule has 0 aliphatic carbocycles. The van der Waals surface area contributed by atoms with Crippen molar-refractivity contribution in [1.29, 1.82) is 0 Å². The van der Waals surface area contributed by atoms with E-state index in [0.29, 0.717) is 36.8 Å². The number of benzene rings is 1. The molecule has 1 saturated heterocycles. The molecular weight excluding hydrogens is 302 g/mol. The summed E-state index contributed by atoms with van der Waals surface area (Å²) >= 11 is 0. The number of fused-ring (bicyclic) bond motifs is 1. The molecular formula is C16H19NO6. The SMILES string of the molecule is O=C(COC(=O)c1ccc2c(c1)OCCO2)NC[C@@H]1CCCO1. The largest absolute Gasteiger partial charge is 0.486 e. The van der Waals surface area contributed by atoms with E-state index in [9.17, 15) is 9.59 Å². The second kappa shape index (κ2) is 7.32. The summed E-state index contributed by atoms with van der Waals surface area (Å²) < 4.78 is 21.2. The van der Waals surface area contributed by atoms with Gasteiger partial charge in [0.15, 0.2) is 18.1 Å². The molecule has 0 spiro atoms. The van der Waals surface area contributed by atoms with Gasteiger partial charge in [-0.3, -0.25) is 4.79 Å². The molecule has 0 radical (unpaired) electrons. The van der Waals surface area contributed by atoms with Gasteiger partial charge in [0.05, 0.1) is 11.7 Å². The fourth-order valence-electron chi connectivity index (χ4n) is 2.47. The van der Waals surface area contributed by atoms with Crippen LogP contribution in [-0.4, -0.2) is 51.0 Å². The molecule has 1 aromatic carbocycles. The Morgan fingerprint density at radius 1 is 1.17 bits per heavy atom. The normalized spacial score (nSPS) is 19.2. The van der Waals surface area contributed by atoms with Gasteiger partial charge in [-0.25, -0.2) is 4.79 Å². The predicted octanol–water partition coefficient (Wildman–Crippen LogP) is 0.910. The van der Waals surface area contributed by atoms with Crippen molar-refractivity contribution < 1.29 is 28.5 Å². The van der Waals surface area contributed by atoms with E-state index in [1.54, 1.807) is 18.2 Å². The molecule has 1 amide bonds. The fraction of sp³-hybridized carbons (Fsp3) is 0.500. The molecule has 7 nitrogen and oxygen atoms in total. The number of ether oxygens (including phenoxy) is 4. The number of hydrogen-bond acceptors (Lipinski definition) is 6. The average molecular weight is 321 g/mol. The standard InChI is InChI=1S/C16H19NO6/c18-15(17-9-12-2-1-5-20-12)10-23-16(19)11-3-4-13-14(8-11)22-7-6-21-13/h3-4,8,12H,1-2,5-7,9-10H2,(H,17,18)/t12-/m0/s1. The van der Waals surface area contributed by atoms with E-state index in [-0.39, 0.29) is 18.6 Å². The van der Waals surface area contributed by atoms with Crippen molar-refractivity contribution in [2.24, 2.45) is 0 Å². The first-order valence-electron chi connectivity index (χ1n) is 7.67. The molecule has 1 N–H and O–H groups in total. The minimum Gasteiger partial charge on any atom is -0.486 e. The van der Waals surface area contributed by atoms with Gasteiger partial charge in [-0.15, -0.1) is 0 Å². The first kappa shape index (κ1) is 15.6. The van der Waals surface area contributed by atoms with Crippen LogP contribution in [-0.2, 0) is 14.3 Å². The van der Waals surface area contributed by atoms with Crippen LogP contribution in [0.1, 0.15) is 23.2 Å². The third kappa shape index (κ3) is 4.13. The van der Waals surface area contributed by atoms with E-state index in [2.05, 4.69) is 5.32 Å². The molecule has 2 aliphatic rings. The zero-order valence-electron chi connectivity index (χ0n) is 12.7. The summed E-state index contributed by atoms with van der Waals surface area (Å²) in [6.07, 6.45) is 2.02. The van der Waals surface area contributed by atoms with Crippen LogP contribution >= 0.6 is 0 Å². The van der Waals surface area contributed by atoms with Crippen LogP contribution in [0.25, 0.3) is 0 Å². The predicted molar refractivity (Wildman–Crippen MR) is 79.7 cm³/mol. The van der Waals surface area contributed by atoms with Gasteiger partial charge in [-0.1, -0.05) is 0 Å². The van der Waals surface area contributed by atoms with Crippen molar-refractivity contribution >= 4 is 11.9 Å². The Kier molecular flexibility index (Phi) is 4.97. The van der Waals surface area contributed by atoms with Crippen molar-refractivity contribution in [3.05, 3.63) is 23.8 Å². The zero-order valence-corrected chi connectivity index (χ0v) is 12.7. The minimum absolute atomic E-state index is 0.0625. The third-order valence-corrected chi connectivity index (χ3v) is 3.66. The van der Waals surface area contributed by atoms with Crippen molar-refractivity contribution in [2.45, 2.75) is 18.9 Å². The summed E-state index contributed by atoms with van der Waals surface area (Å²) in [5.41, 5.74) is 0.321. The Bertz CT molecular complexity index is 582. The van der Waals surface area contributed by atoms with Gasteiger partial charge in [0, 0.05) is 13.2 Å². The summed E-state index contributed by atoms with van der Waals surface area (Å²) in [6.45, 7) is 1.79. The minimum atomic E-state index is -0.575. The van der Waals surface area contributed by atoms with Gasteiger partial charge in [-0.05, 0) is 31.0 Å². The Morgan fingerprint density at radius 3 is 2.78 bits per heavy atom. The monoisotopic (exact) mass is 321 g/mol. The highest BCUT2D eigenvalue weighted by atomic mass is 16.6. The van der Waals surface area contributed by atoms with Crippen LogP contribution in [0.5, 0.6) is 11.5 Å². The third-order valence-electron chi connectivity index (χ3n) is 3.66. The number of nitrogens with one attached hydrogen (secondary N) is 1. The highest BCUT2D eigenvalue weighted by Gasteiger charge is 2.18. The number of amides is 1. The van der Waals surface area contributed by atoms with Crippen molar-refractivity contribution in [3.8, 4) is 11.5 Å². The molecule has 7 heteroatoms. The quantitative estimate of drug-likeness (QED) is 0.812. The van der Waals surface area contributed by atoms with Gasteiger partial charge in [0.1, 0.15) is 13.2 Å². The Hall–Kier alpha value is -2.28. The Balaban J connectivity index is 1.46. The Morgan fingerprint density at radius 2 is 2.00 bits per heavy atom. The molecule has 2 heterocycles. The van der Waals surface area contributed by atoms with E-state index in [0.717, 1.165) is 19.4 Å². The van der Waals surface area contributed by atoms with E-state index in [4.69, 9.17) is 18.9 Å². The van der Waals surface area contributed by atoms with Crippen molar-refractivity contribution in [1.82, 2.24) is 5.32 Å². The van der Waals surface area contributed by atoms with Crippen LogP contribution in [0.3, 0.4) is 0 Å². The van der Waals surface area contributed by atoms with Crippen LogP contribution in [0, 0.1) is 0 Å². The molecule has 124 valence electrons. The molecule has 0 unspecified atom stereocenters. The van der Waals surface area contributed by atoms with Gasteiger partial charge in [-0.2, -0.15) is 0 Å². The molecule has 23 heavy (non-hydrogen) atoms. The molecule has 3 rings (SSSR count). The number of hydrogen-bond donors (Lipinski definition) is 1. The molecule has 1 fully saturated rings. The van der Waals surface area contributed by atoms with Crippen LogP contribution < -0.4 is 14.8 Å². The lowest BCUT2D eigenvalue weighted by Gasteiger charge is -2.18. The second-order valence-corrected chi connectivity index (χ2v) is 5.37. The van der Waals surface area contributed by atoms with Crippen molar-refractivity contribution in [3.63, 3.8) is 0 Å². The summed E-state index contributed by atoms with van der Waals surface area (Å²) in [6, 6.07) is 4.80. The number of rotatable bonds is 5. The maximum Gasteiger partial charge on any atom is 0.338 e. The highest BCUT2D eigenvalue weighted by Crippen LogP contribution is 2.30. The smallest absolute Gasteiger partial charge is 0.338 e. The molecule has 1 aromatic rings. The lowest BCUT2D eigenvalue weighted by molar-refractivity contribution is -0.124. The van der Waals surface area contributed by atoms with Gasteiger partial charge in [0.2, 0.25) is 0 Å². The first-order valence-corrected chi connectivity index (χ1v) is 7.67. The van der Waals surface area contributed by atoms with Gasteiger partial charge in [0.25, 0.3) is 5.91 Å². The summed E-state index contributed by atoms with van der Waals surface area (Å²) in [5, 5.41) is 2.70. The summed E-state index contributed by atoms with van der Waals surface area (Å²) in [4.78, 5) is 23.7. The maximum absolute atomic E-state index is 12.0. The number of carbonyl (C=O) groups is 2. The van der Waals surface area contributed by atoms with Gasteiger partial charge < -0.3 is 24.3 Å². The molecule has 0 aromatic heterocycles. The lowest BCUT2D eigenvalue weighted by atomic mass is 10.2. The highest BCUT2D eigenvalue weighted by molar-refractivity contribution is 5.92. The number of carbonyl (C=O) groups excluding carboxylic acids is 2. The van der Waals surface area contributed by atoms with E-state index in [1.165, 1.54) is 0 Å². The molecule has 1 atom stereocenters. The summed E-state index contributed by atoms with van der Waals surface area (Å²) in [5.74, 6) is 0.191. The van der Waals surface area contributed by atoms with E-state index in [1.807, 2.05) is 0 Å². The van der Waals surface area contributed by atoms with E-state index >= 15 is 0 Å². The van der Waals surface area contributed by atoms with Crippen molar-refractivity contribution in [2.75, 3.05) is 33.0 Å². The molecule has 0 saturated carbocycles. The topological polar surface area (TPSA) is 83.1 Å². The molecule has 2 aliphatic heterocycles.